The minimum absolute atomic E-state index is 0.544. The number of pyridine rings is 1. The van der Waals surface area contributed by atoms with E-state index in [4.69, 9.17) is 0 Å². The average Bonchev–Trinajstić information content (AvgIpc) is 2.26. The molecule has 0 saturated carbocycles. The van der Waals surface area contributed by atoms with Gasteiger partial charge < -0.3 is 5.11 Å². The molecule has 0 saturated heterocycles. The molecule has 1 unspecified atom stereocenters. The van der Waals surface area contributed by atoms with Crippen molar-refractivity contribution in [3.05, 3.63) is 63.4 Å². The highest BCUT2D eigenvalue weighted by Gasteiger charge is 2.24. The van der Waals surface area contributed by atoms with Gasteiger partial charge >= 0.3 is 0 Å². The second kappa shape index (κ2) is 5.43. The van der Waals surface area contributed by atoms with E-state index in [1.165, 1.54) is 11.1 Å². The lowest BCUT2D eigenvalue weighted by atomic mass is 9.88. The number of aryl methyl sites for hydroxylation is 2. The SMILES string of the molecule is Cc1cc(C)cc(C(C)(O)Cc2cncc(Br)c2)c1. The molecule has 0 aliphatic carbocycles. The minimum atomic E-state index is -0.890. The zero-order chi connectivity index (χ0) is 14.0. The fourth-order valence-corrected chi connectivity index (χ4v) is 2.75. The fraction of sp³-hybridized carbons (Fsp3) is 0.312. The topological polar surface area (TPSA) is 33.1 Å². The summed E-state index contributed by atoms with van der Waals surface area (Å²) < 4.78 is 0.932. The van der Waals surface area contributed by atoms with Crippen LogP contribution in [0.3, 0.4) is 0 Å². The first kappa shape index (κ1) is 14.2. The molecular weight excluding hydrogens is 302 g/mol. The van der Waals surface area contributed by atoms with Crippen LogP contribution in [0.1, 0.15) is 29.2 Å². The Morgan fingerprint density at radius 1 is 1.11 bits per heavy atom. The van der Waals surface area contributed by atoms with Gasteiger partial charge in [0.15, 0.2) is 0 Å². The Bertz CT molecular complexity index is 573. The predicted molar refractivity (Wildman–Crippen MR) is 81.1 cm³/mol. The smallest absolute Gasteiger partial charge is 0.0909 e. The number of hydrogen-bond acceptors (Lipinski definition) is 2. The van der Waals surface area contributed by atoms with Crippen molar-refractivity contribution in [3.63, 3.8) is 0 Å². The number of aromatic nitrogens is 1. The van der Waals surface area contributed by atoms with Crippen LogP contribution in [0.4, 0.5) is 0 Å². The second-order valence-electron chi connectivity index (χ2n) is 5.34. The van der Waals surface area contributed by atoms with E-state index in [0.717, 1.165) is 15.6 Å². The molecule has 1 aromatic carbocycles. The van der Waals surface area contributed by atoms with Gasteiger partial charge in [-0.1, -0.05) is 29.3 Å². The first-order chi connectivity index (χ1) is 8.87. The molecule has 0 spiro atoms. The second-order valence-corrected chi connectivity index (χ2v) is 6.25. The van der Waals surface area contributed by atoms with E-state index in [0.29, 0.717) is 6.42 Å². The first-order valence-corrected chi connectivity index (χ1v) is 7.07. The molecule has 2 aromatic rings. The summed E-state index contributed by atoms with van der Waals surface area (Å²) in [4.78, 5) is 4.14. The van der Waals surface area contributed by atoms with E-state index in [-0.39, 0.29) is 0 Å². The molecule has 2 nitrogen and oxygen atoms in total. The molecule has 0 aliphatic rings. The monoisotopic (exact) mass is 319 g/mol. The first-order valence-electron chi connectivity index (χ1n) is 6.27. The zero-order valence-electron chi connectivity index (χ0n) is 11.4. The quantitative estimate of drug-likeness (QED) is 0.930. The number of nitrogens with zero attached hydrogens (tertiary/aromatic N) is 1. The highest BCUT2D eigenvalue weighted by molar-refractivity contribution is 9.10. The van der Waals surface area contributed by atoms with Crippen molar-refractivity contribution < 1.29 is 5.11 Å². The van der Waals surface area contributed by atoms with Gasteiger partial charge in [-0.3, -0.25) is 4.98 Å². The number of hydrogen-bond donors (Lipinski definition) is 1. The molecule has 0 radical (unpaired) electrons. The molecule has 1 aromatic heterocycles. The molecule has 0 bridgehead atoms. The molecule has 0 fully saturated rings. The van der Waals surface area contributed by atoms with Gasteiger partial charge in [0.1, 0.15) is 0 Å². The van der Waals surface area contributed by atoms with Gasteiger partial charge in [0.25, 0.3) is 0 Å². The summed E-state index contributed by atoms with van der Waals surface area (Å²) in [5.74, 6) is 0. The number of halogens is 1. The summed E-state index contributed by atoms with van der Waals surface area (Å²) in [6.45, 7) is 5.95. The van der Waals surface area contributed by atoms with Crippen LogP contribution in [0.25, 0.3) is 0 Å². The van der Waals surface area contributed by atoms with Gasteiger partial charge in [0.2, 0.25) is 0 Å². The normalized spacial score (nSPS) is 14.2. The summed E-state index contributed by atoms with van der Waals surface area (Å²) in [6, 6.07) is 8.18. The lowest BCUT2D eigenvalue weighted by Gasteiger charge is -2.25. The number of aliphatic hydroxyl groups is 1. The summed E-state index contributed by atoms with van der Waals surface area (Å²) in [7, 11) is 0. The molecular formula is C16H18BrNO. The van der Waals surface area contributed by atoms with Gasteiger partial charge in [0, 0.05) is 23.3 Å². The molecule has 0 aliphatic heterocycles. The molecule has 1 atom stereocenters. The maximum Gasteiger partial charge on any atom is 0.0909 e. The average molecular weight is 320 g/mol. The van der Waals surface area contributed by atoms with Crippen LogP contribution < -0.4 is 0 Å². The molecule has 0 amide bonds. The van der Waals surface area contributed by atoms with E-state index in [1.807, 2.05) is 39.0 Å². The standard InChI is InChI=1S/C16H18BrNO/c1-11-4-12(2)6-14(5-11)16(3,19)8-13-7-15(17)10-18-9-13/h4-7,9-10,19H,8H2,1-3H3. The van der Waals surface area contributed by atoms with Crippen molar-refractivity contribution in [2.45, 2.75) is 32.8 Å². The summed E-state index contributed by atoms with van der Waals surface area (Å²) in [6.07, 6.45) is 4.08. The van der Waals surface area contributed by atoms with Crippen molar-refractivity contribution in [1.29, 1.82) is 0 Å². The third kappa shape index (κ3) is 3.64. The lowest BCUT2D eigenvalue weighted by Crippen LogP contribution is -2.24. The Labute approximate surface area is 122 Å². The van der Waals surface area contributed by atoms with Crippen molar-refractivity contribution in [3.8, 4) is 0 Å². The largest absolute Gasteiger partial charge is 0.385 e. The van der Waals surface area contributed by atoms with E-state index < -0.39 is 5.60 Å². The van der Waals surface area contributed by atoms with Crippen molar-refractivity contribution >= 4 is 15.9 Å². The lowest BCUT2D eigenvalue weighted by molar-refractivity contribution is 0.0574. The van der Waals surface area contributed by atoms with Crippen molar-refractivity contribution in [2.24, 2.45) is 0 Å². The maximum absolute atomic E-state index is 10.7. The summed E-state index contributed by atoms with van der Waals surface area (Å²) in [5.41, 5.74) is 3.41. The van der Waals surface area contributed by atoms with Crippen LogP contribution in [0, 0.1) is 13.8 Å². The van der Waals surface area contributed by atoms with Gasteiger partial charge in [-0.25, -0.2) is 0 Å². The van der Waals surface area contributed by atoms with Gasteiger partial charge in [-0.2, -0.15) is 0 Å². The fourth-order valence-electron chi connectivity index (χ4n) is 2.34. The van der Waals surface area contributed by atoms with Crippen LogP contribution >= 0.6 is 15.9 Å². The third-order valence-electron chi connectivity index (χ3n) is 3.15. The predicted octanol–water partition coefficient (Wildman–Crippen LogP) is 3.91. The maximum atomic E-state index is 10.7. The Kier molecular flexibility index (Phi) is 4.07. The Morgan fingerprint density at radius 2 is 1.74 bits per heavy atom. The summed E-state index contributed by atoms with van der Waals surface area (Å²) >= 11 is 3.41. The Balaban J connectivity index is 2.31. The highest BCUT2D eigenvalue weighted by atomic mass is 79.9. The molecule has 100 valence electrons. The third-order valence-corrected chi connectivity index (χ3v) is 3.59. The number of rotatable bonds is 3. The zero-order valence-corrected chi connectivity index (χ0v) is 13.0. The van der Waals surface area contributed by atoms with Gasteiger partial charge in [-0.15, -0.1) is 0 Å². The molecule has 19 heavy (non-hydrogen) atoms. The highest BCUT2D eigenvalue weighted by Crippen LogP contribution is 2.27. The van der Waals surface area contributed by atoms with Crippen LogP contribution in [0.2, 0.25) is 0 Å². The van der Waals surface area contributed by atoms with Crippen LogP contribution in [0.5, 0.6) is 0 Å². The van der Waals surface area contributed by atoms with E-state index >= 15 is 0 Å². The van der Waals surface area contributed by atoms with Gasteiger partial charge in [0.05, 0.1) is 5.60 Å². The Morgan fingerprint density at radius 3 is 2.32 bits per heavy atom. The minimum Gasteiger partial charge on any atom is -0.385 e. The van der Waals surface area contributed by atoms with E-state index in [1.54, 1.807) is 12.4 Å². The summed E-state index contributed by atoms with van der Waals surface area (Å²) in [5, 5.41) is 10.7. The van der Waals surface area contributed by atoms with Crippen LogP contribution in [-0.4, -0.2) is 10.1 Å². The van der Waals surface area contributed by atoms with E-state index in [9.17, 15) is 5.11 Å². The van der Waals surface area contributed by atoms with Gasteiger partial charge in [-0.05, 0) is 53.9 Å². The van der Waals surface area contributed by atoms with Crippen molar-refractivity contribution in [1.82, 2.24) is 4.98 Å². The molecule has 1 N–H and O–H groups in total. The van der Waals surface area contributed by atoms with E-state index in [2.05, 4.69) is 27.0 Å². The molecule has 1 heterocycles. The van der Waals surface area contributed by atoms with Crippen LogP contribution in [0.15, 0.2) is 41.1 Å². The van der Waals surface area contributed by atoms with Crippen molar-refractivity contribution in [2.75, 3.05) is 0 Å². The van der Waals surface area contributed by atoms with Crippen LogP contribution in [-0.2, 0) is 12.0 Å². The number of benzene rings is 1. The molecule has 3 heteroatoms. The Hall–Kier alpha value is -1.19. The molecule has 2 rings (SSSR count).